The van der Waals surface area contributed by atoms with Crippen molar-refractivity contribution in [2.75, 3.05) is 5.32 Å². The minimum Gasteiger partial charge on any atom is -0.343 e. The molecule has 2 unspecified atom stereocenters. The van der Waals surface area contributed by atoms with Gasteiger partial charge in [0.15, 0.2) is 0 Å². The second-order valence-electron chi connectivity index (χ2n) is 6.52. The van der Waals surface area contributed by atoms with Gasteiger partial charge in [0, 0.05) is 5.69 Å². The first-order valence-electron chi connectivity index (χ1n) is 8.22. The molecule has 2 amide bonds. The number of carbonyl (C=O) groups excluding carboxylic acids is 2. The van der Waals surface area contributed by atoms with Gasteiger partial charge < -0.3 is 16.4 Å². The summed E-state index contributed by atoms with van der Waals surface area (Å²) in [5, 5.41) is 7.65. The van der Waals surface area contributed by atoms with Gasteiger partial charge in [0.1, 0.15) is 6.04 Å². The van der Waals surface area contributed by atoms with E-state index in [2.05, 4.69) is 10.6 Å². The fraction of sp³-hybridized carbons (Fsp3) is 0.368. The van der Waals surface area contributed by atoms with Crippen LogP contribution in [0.2, 0.25) is 0 Å². The molecule has 2 atom stereocenters. The molecule has 0 aliphatic carbocycles. The second kappa shape index (κ2) is 7.93. The van der Waals surface area contributed by atoms with Gasteiger partial charge in [-0.2, -0.15) is 0 Å². The lowest BCUT2D eigenvalue weighted by molar-refractivity contribution is -0.127. The number of fused-ring (bicyclic) bond motifs is 1. The lowest BCUT2D eigenvalue weighted by atomic mass is 10.0. The van der Waals surface area contributed by atoms with Crippen molar-refractivity contribution in [3.63, 3.8) is 0 Å². The number of anilines is 1. The second-order valence-corrected chi connectivity index (χ2v) is 6.52. The molecule has 5 heteroatoms. The Balaban J connectivity index is 1.96. The highest BCUT2D eigenvalue weighted by Gasteiger charge is 2.20. The molecule has 4 N–H and O–H groups in total. The highest BCUT2D eigenvalue weighted by molar-refractivity contribution is 5.99. The molecule has 128 valence electrons. The van der Waals surface area contributed by atoms with Crippen molar-refractivity contribution in [1.82, 2.24) is 5.32 Å². The summed E-state index contributed by atoms with van der Waals surface area (Å²) in [5.41, 5.74) is 6.54. The number of hydrogen-bond donors (Lipinski definition) is 3. The van der Waals surface area contributed by atoms with E-state index in [1.165, 1.54) is 0 Å². The van der Waals surface area contributed by atoms with Gasteiger partial charge in [0.2, 0.25) is 11.8 Å². The number of rotatable bonds is 6. The molecule has 24 heavy (non-hydrogen) atoms. The molecule has 0 saturated carbocycles. The summed E-state index contributed by atoms with van der Waals surface area (Å²) in [7, 11) is 0. The lowest BCUT2D eigenvalue weighted by Gasteiger charge is -2.18. The highest BCUT2D eigenvalue weighted by atomic mass is 16.2. The van der Waals surface area contributed by atoms with Crippen molar-refractivity contribution in [3.8, 4) is 0 Å². The van der Waals surface area contributed by atoms with Crippen molar-refractivity contribution in [1.29, 1.82) is 0 Å². The molecule has 2 aromatic carbocycles. The molecule has 0 aliphatic rings. The van der Waals surface area contributed by atoms with E-state index < -0.39 is 12.1 Å². The predicted octanol–water partition coefficient (Wildman–Crippen LogP) is 2.66. The number of hydrogen-bond acceptors (Lipinski definition) is 3. The average molecular weight is 327 g/mol. The maximum Gasteiger partial charge on any atom is 0.246 e. The Morgan fingerprint density at radius 3 is 2.33 bits per heavy atom. The molecule has 0 heterocycles. The van der Waals surface area contributed by atoms with E-state index >= 15 is 0 Å². The SMILES string of the molecule is CC(C)CC(N)C(=O)NC(C)C(=O)Nc1ccc2ccccc2c1. The molecule has 2 rings (SSSR count). The summed E-state index contributed by atoms with van der Waals surface area (Å²) in [4.78, 5) is 24.3. The first kappa shape index (κ1) is 17.9. The molecule has 0 spiro atoms. The van der Waals surface area contributed by atoms with Crippen molar-refractivity contribution >= 4 is 28.3 Å². The summed E-state index contributed by atoms with van der Waals surface area (Å²) in [5.74, 6) is -0.243. The summed E-state index contributed by atoms with van der Waals surface area (Å²) >= 11 is 0. The van der Waals surface area contributed by atoms with E-state index in [0.717, 1.165) is 10.8 Å². The van der Waals surface area contributed by atoms with E-state index in [1.807, 2.05) is 56.3 Å². The predicted molar refractivity (Wildman–Crippen MR) is 97.6 cm³/mol. The average Bonchev–Trinajstić information content (AvgIpc) is 2.53. The van der Waals surface area contributed by atoms with Crippen LogP contribution in [0.1, 0.15) is 27.2 Å². The molecule has 5 nitrogen and oxygen atoms in total. The Hall–Kier alpha value is -2.40. The Morgan fingerprint density at radius 2 is 1.67 bits per heavy atom. The van der Waals surface area contributed by atoms with Crippen LogP contribution in [-0.4, -0.2) is 23.9 Å². The van der Waals surface area contributed by atoms with Crippen molar-refractivity contribution in [2.24, 2.45) is 11.7 Å². The van der Waals surface area contributed by atoms with E-state index in [0.29, 0.717) is 18.0 Å². The zero-order valence-corrected chi connectivity index (χ0v) is 14.4. The zero-order valence-electron chi connectivity index (χ0n) is 14.4. The van der Waals surface area contributed by atoms with Gasteiger partial charge in [-0.3, -0.25) is 9.59 Å². The Morgan fingerprint density at radius 1 is 1.00 bits per heavy atom. The highest BCUT2D eigenvalue weighted by Crippen LogP contribution is 2.18. The van der Waals surface area contributed by atoms with Gasteiger partial charge in [-0.25, -0.2) is 0 Å². The molecular formula is C19H25N3O2. The fourth-order valence-electron chi connectivity index (χ4n) is 2.52. The van der Waals surface area contributed by atoms with Gasteiger partial charge in [-0.05, 0) is 42.2 Å². The third kappa shape index (κ3) is 4.80. The third-order valence-corrected chi connectivity index (χ3v) is 3.83. The summed E-state index contributed by atoms with van der Waals surface area (Å²) < 4.78 is 0. The van der Waals surface area contributed by atoms with Crippen LogP contribution in [0, 0.1) is 5.92 Å². The Bertz CT molecular complexity index is 727. The van der Waals surface area contributed by atoms with Crippen molar-refractivity contribution in [3.05, 3.63) is 42.5 Å². The van der Waals surface area contributed by atoms with Crippen LogP contribution in [0.15, 0.2) is 42.5 Å². The quantitative estimate of drug-likeness (QED) is 0.762. The van der Waals surface area contributed by atoms with E-state index in [1.54, 1.807) is 6.92 Å². The van der Waals surface area contributed by atoms with Gasteiger partial charge in [-0.15, -0.1) is 0 Å². The number of nitrogens with one attached hydrogen (secondary N) is 2. The van der Waals surface area contributed by atoms with Crippen LogP contribution in [0.5, 0.6) is 0 Å². The monoisotopic (exact) mass is 327 g/mol. The van der Waals surface area contributed by atoms with Crippen LogP contribution >= 0.6 is 0 Å². The smallest absolute Gasteiger partial charge is 0.246 e. The molecule has 0 aromatic heterocycles. The standard InChI is InChI=1S/C19H25N3O2/c1-12(2)10-17(20)19(24)21-13(3)18(23)22-16-9-8-14-6-4-5-7-15(14)11-16/h4-9,11-13,17H,10,20H2,1-3H3,(H,21,24)(H,22,23). The van der Waals surface area contributed by atoms with E-state index in [9.17, 15) is 9.59 Å². The maximum atomic E-state index is 12.3. The molecule has 0 aliphatic heterocycles. The topological polar surface area (TPSA) is 84.2 Å². The van der Waals surface area contributed by atoms with Gasteiger partial charge in [0.05, 0.1) is 6.04 Å². The summed E-state index contributed by atoms with van der Waals surface area (Å²) in [6, 6.07) is 12.4. The van der Waals surface area contributed by atoms with Crippen LogP contribution in [0.3, 0.4) is 0 Å². The normalized spacial score (nSPS) is 13.5. The first-order valence-corrected chi connectivity index (χ1v) is 8.22. The zero-order chi connectivity index (χ0) is 17.7. The third-order valence-electron chi connectivity index (χ3n) is 3.83. The van der Waals surface area contributed by atoms with Gasteiger partial charge >= 0.3 is 0 Å². The van der Waals surface area contributed by atoms with Crippen LogP contribution in [0.25, 0.3) is 10.8 Å². The minimum absolute atomic E-state index is 0.268. The Kier molecular flexibility index (Phi) is 5.93. The molecule has 0 fully saturated rings. The number of amides is 2. The minimum atomic E-state index is -0.651. The van der Waals surface area contributed by atoms with Crippen LogP contribution in [-0.2, 0) is 9.59 Å². The van der Waals surface area contributed by atoms with Gasteiger partial charge in [0.25, 0.3) is 0 Å². The summed E-state index contributed by atoms with van der Waals surface area (Å²) in [6.07, 6.45) is 0.588. The molecule has 0 radical (unpaired) electrons. The molecule has 0 saturated heterocycles. The van der Waals surface area contributed by atoms with E-state index in [-0.39, 0.29) is 11.8 Å². The van der Waals surface area contributed by atoms with Crippen molar-refractivity contribution < 1.29 is 9.59 Å². The van der Waals surface area contributed by atoms with Crippen LogP contribution in [0.4, 0.5) is 5.69 Å². The van der Waals surface area contributed by atoms with E-state index in [4.69, 9.17) is 5.73 Å². The molecule has 0 bridgehead atoms. The number of carbonyl (C=O) groups is 2. The van der Waals surface area contributed by atoms with Crippen molar-refractivity contribution in [2.45, 2.75) is 39.3 Å². The summed E-state index contributed by atoms with van der Waals surface area (Å²) in [6.45, 7) is 5.66. The Labute approximate surface area is 142 Å². The fourth-order valence-corrected chi connectivity index (χ4v) is 2.52. The first-order chi connectivity index (χ1) is 11.4. The number of nitrogens with two attached hydrogens (primary N) is 1. The molecule has 2 aromatic rings. The van der Waals surface area contributed by atoms with Gasteiger partial charge in [-0.1, -0.05) is 44.2 Å². The lowest BCUT2D eigenvalue weighted by Crippen LogP contribution is -2.49. The number of benzene rings is 2. The van der Waals surface area contributed by atoms with Crippen LogP contribution < -0.4 is 16.4 Å². The molecular weight excluding hydrogens is 302 g/mol. The maximum absolute atomic E-state index is 12.3. The largest absolute Gasteiger partial charge is 0.343 e.